The zero-order valence-corrected chi connectivity index (χ0v) is 24.0. The molecule has 1 aliphatic heterocycles. The van der Waals surface area contributed by atoms with E-state index in [1.807, 2.05) is 0 Å². The van der Waals surface area contributed by atoms with E-state index in [0.717, 1.165) is 0 Å². The predicted octanol–water partition coefficient (Wildman–Crippen LogP) is 1.38. The van der Waals surface area contributed by atoms with Crippen LogP contribution in [-0.4, -0.2) is 82.8 Å². The molecule has 1 heterocycles. The summed E-state index contributed by atoms with van der Waals surface area (Å²) in [5, 5.41) is 24.3. The summed E-state index contributed by atoms with van der Waals surface area (Å²) in [6, 6.07) is 0. The van der Waals surface area contributed by atoms with Crippen molar-refractivity contribution in [1.82, 2.24) is 0 Å². The SMILES string of the molecule is CC(=O)OCC1=CC2OC(=O)C(C)C2(O)C(O)C2C(C)C(OC(C)=O)CC(OC(C)=O)C2(C)C(OC(C)=O)CC1. The highest BCUT2D eigenvalue weighted by atomic mass is 16.6. The number of esters is 5. The third kappa shape index (κ3) is 5.88. The highest BCUT2D eigenvalue weighted by Gasteiger charge is 2.67. The second kappa shape index (κ2) is 11.9. The van der Waals surface area contributed by atoms with Gasteiger partial charge in [0.2, 0.25) is 0 Å². The summed E-state index contributed by atoms with van der Waals surface area (Å²) in [7, 11) is 0. The maximum absolute atomic E-state index is 12.8. The molecule has 0 aromatic heterocycles. The molecule has 0 amide bonds. The normalized spacial score (nSPS) is 39.4. The van der Waals surface area contributed by atoms with Gasteiger partial charge in [0.1, 0.15) is 30.5 Å². The van der Waals surface area contributed by atoms with E-state index in [2.05, 4.69) is 0 Å². The fraction of sp³-hybridized carbons (Fsp3) is 0.750. The summed E-state index contributed by atoms with van der Waals surface area (Å²) in [6.07, 6.45) is -3.99. The summed E-state index contributed by atoms with van der Waals surface area (Å²) in [5.41, 5.74) is -3.05. The van der Waals surface area contributed by atoms with E-state index in [1.165, 1.54) is 40.7 Å². The predicted molar refractivity (Wildman–Crippen MR) is 136 cm³/mol. The maximum atomic E-state index is 12.8. The van der Waals surface area contributed by atoms with Gasteiger partial charge in [-0.1, -0.05) is 13.8 Å². The van der Waals surface area contributed by atoms with Crippen molar-refractivity contribution in [3.63, 3.8) is 0 Å². The third-order valence-corrected chi connectivity index (χ3v) is 8.77. The molecule has 1 saturated heterocycles. The number of ether oxygens (including phenoxy) is 5. The Morgan fingerprint density at radius 3 is 2.10 bits per heavy atom. The lowest BCUT2D eigenvalue weighted by atomic mass is 9.52. The van der Waals surface area contributed by atoms with Gasteiger partial charge in [0.05, 0.1) is 12.0 Å². The van der Waals surface area contributed by atoms with E-state index in [-0.39, 0.29) is 25.9 Å². The van der Waals surface area contributed by atoms with Gasteiger partial charge in [0.15, 0.2) is 6.10 Å². The summed E-state index contributed by atoms with van der Waals surface area (Å²) < 4.78 is 27.9. The van der Waals surface area contributed by atoms with E-state index in [9.17, 15) is 34.2 Å². The van der Waals surface area contributed by atoms with Crippen LogP contribution in [0.25, 0.3) is 0 Å². The minimum Gasteiger partial charge on any atom is -0.462 e. The Kier molecular flexibility index (Phi) is 9.35. The summed E-state index contributed by atoms with van der Waals surface area (Å²) in [4.78, 5) is 61.0. The summed E-state index contributed by atoms with van der Waals surface area (Å²) in [5.74, 6) is -6.02. The first kappa shape index (κ1) is 31.5. The quantitative estimate of drug-likeness (QED) is 0.278. The van der Waals surface area contributed by atoms with Gasteiger partial charge >= 0.3 is 29.8 Å². The molecule has 2 aliphatic carbocycles. The van der Waals surface area contributed by atoms with Crippen LogP contribution >= 0.6 is 0 Å². The largest absolute Gasteiger partial charge is 0.462 e. The molecule has 12 heteroatoms. The van der Waals surface area contributed by atoms with Crippen molar-refractivity contribution in [2.45, 2.75) is 104 Å². The molecule has 10 atom stereocenters. The first-order valence-corrected chi connectivity index (χ1v) is 13.5. The molecule has 0 bridgehead atoms. The first-order chi connectivity index (χ1) is 18.5. The van der Waals surface area contributed by atoms with Crippen molar-refractivity contribution in [1.29, 1.82) is 0 Å². The second-order valence-electron chi connectivity index (χ2n) is 11.4. The molecular weight excluding hydrogens is 528 g/mol. The molecule has 0 radical (unpaired) electrons. The van der Waals surface area contributed by atoms with Gasteiger partial charge in [0.25, 0.3) is 0 Å². The van der Waals surface area contributed by atoms with Gasteiger partial charge in [-0.05, 0) is 37.3 Å². The average Bonchev–Trinajstić information content (AvgIpc) is 3.05. The van der Waals surface area contributed by atoms with Gasteiger partial charge in [-0.2, -0.15) is 0 Å². The monoisotopic (exact) mass is 568 g/mol. The minimum atomic E-state index is -2.18. The lowest BCUT2D eigenvalue weighted by Gasteiger charge is -2.57. The Hall–Kier alpha value is -2.99. The number of hydrogen-bond acceptors (Lipinski definition) is 12. The first-order valence-electron chi connectivity index (χ1n) is 13.5. The molecule has 2 N–H and O–H groups in total. The van der Waals surface area contributed by atoms with Crippen LogP contribution in [0.15, 0.2) is 11.6 Å². The van der Waals surface area contributed by atoms with Crippen LogP contribution in [0.5, 0.6) is 0 Å². The molecule has 3 rings (SSSR count). The van der Waals surface area contributed by atoms with Crippen LogP contribution < -0.4 is 0 Å². The molecule has 40 heavy (non-hydrogen) atoms. The Morgan fingerprint density at radius 1 is 0.975 bits per heavy atom. The number of hydrogen-bond donors (Lipinski definition) is 2. The fourth-order valence-electron chi connectivity index (χ4n) is 6.75. The van der Waals surface area contributed by atoms with Crippen molar-refractivity contribution >= 4 is 29.8 Å². The molecule has 3 aliphatic rings. The highest BCUT2D eigenvalue weighted by molar-refractivity contribution is 5.77. The van der Waals surface area contributed by atoms with Crippen LogP contribution in [0.3, 0.4) is 0 Å². The molecule has 12 nitrogen and oxygen atoms in total. The lowest BCUT2D eigenvalue weighted by Crippen LogP contribution is -2.68. The molecule has 10 unspecified atom stereocenters. The maximum Gasteiger partial charge on any atom is 0.312 e. The zero-order chi connectivity index (χ0) is 30.2. The van der Waals surface area contributed by atoms with Gasteiger partial charge in [-0.15, -0.1) is 0 Å². The summed E-state index contributed by atoms with van der Waals surface area (Å²) >= 11 is 0. The molecular formula is C28H40O12. The standard InChI is InChI=1S/C28H40O12/c1-13-20(37-16(4)30)11-22(39-18(6)32)27(7)21(38-17(5)31)9-8-19(12-36-15(3)29)10-23-28(35,25(33)24(13)27)14(2)26(34)40-23/h10,13-14,20-25,33,35H,8-9,11-12H2,1-7H3. The number of fused-ring (bicyclic) bond motifs is 2. The Bertz CT molecular complexity index is 1070. The number of aliphatic hydroxyl groups excluding tert-OH is 1. The Morgan fingerprint density at radius 2 is 1.55 bits per heavy atom. The average molecular weight is 569 g/mol. The van der Waals surface area contributed by atoms with E-state index in [1.54, 1.807) is 13.8 Å². The number of aliphatic hydroxyl groups is 2. The van der Waals surface area contributed by atoms with E-state index in [4.69, 9.17) is 23.7 Å². The van der Waals surface area contributed by atoms with Crippen LogP contribution in [0.1, 0.15) is 67.7 Å². The second-order valence-corrected chi connectivity index (χ2v) is 11.4. The van der Waals surface area contributed by atoms with Crippen molar-refractivity contribution in [3.05, 3.63) is 11.6 Å². The van der Waals surface area contributed by atoms with Gasteiger partial charge in [-0.25, -0.2) is 0 Å². The van der Waals surface area contributed by atoms with E-state index >= 15 is 0 Å². The van der Waals surface area contributed by atoms with E-state index < -0.39 is 89.1 Å². The number of carbonyl (C=O) groups excluding carboxylic acids is 5. The van der Waals surface area contributed by atoms with Crippen LogP contribution in [-0.2, 0) is 47.7 Å². The van der Waals surface area contributed by atoms with Crippen LogP contribution in [0, 0.1) is 23.2 Å². The molecule has 0 aromatic carbocycles. The molecule has 1 saturated carbocycles. The zero-order valence-electron chi connectivity index (χ0n) is 24.0. The number of rotatable bonds is 5. The van der Waals surface area contributed by atoms with Crippen molar-refractivity contribution in [3.8, 4) is 0 Å². The van der Waals surface area contributed by atoms with Gasteiger partial charge in [-0.3, -0.25) is 24.0 Å². The Labute approximate surface area is 233 Å². The van der Waals surface area contributed by atoms with Crippen molar-refractivity contribution in [2.75, 3.05) is 6.61 Å². The molecule has 224 valence electrons. The van der Waals surface area contributed by atoms with Gasteiger partial charge < -0.3 is 33.9 Å². The van der Waals surface area contributed by atoms with Crippen LogP contribution in [0.2, 0.25) is 0 Å². The van der Waals surface area contributed by atoms with E-state index in [0.29, 0.717) is 5.57 Å². The van der Waals surface area contributed by atoms with Crippen molar-refractivity contribution < 1.29 is 57.9 Å². The highest BCUT2D eigenvalue weighted by Crippen LogP contribution is 2.56. The third-order valence-electron chi connectivity index (χ3n) is 8.77. The topological polar surface area (TPSA) is 172 Å². The number of carbonyl (C=O) groups is 5. The fourth-order valence-corrected chi connectivity index (χ4v) is 6.75. The lowest BCUT2D eigenvalue weighted by molar-refractivity contribution is -0.246. The molecule has 0 spiro atoms. The summed E-state index contributed by atoms with van der Waals surface area (Å²) in [6.45, 7) is 9.57. The van der Waals surface area contributed by atoms with Crippen molar-refractivity contribution in [2.24, 2.45) is 23.2 Å². The Balaban J connectivity index is 2.29. The van der Waals surface area contributed by atoms with Crippen LogP contribution in [0.4, 0.5) is 0 Å². The molecule has 2 fully saturated rings. The minimum absolute atomic E-state index is 0.0425. The smallest absolute Gasteiger partial charge is 0.312 e. The van der Waals surface area contributed by atoms with Gasteiger partial charge in [0, 0.05) is 45.4 Å². The molecule has 0 aromatic rings.